The number of hydrogen-bond acceptors (Lipinski definition) is 4. The second-order valence-corrected chi connectivity index (χ2v) is 5.74. The molecule has 1 unspecified atom stereocenters. The molecule has 4 N–H and O–H groups in total. The van der Waals surface area contributed by atoms with Gasteiger partial charge in [-0.05, 0) is 26.2 Å². The van der Waals surface area contributed by atoms with Crippen LogP contribution in [-0.4, -0.2) is 41.1 Å². The number of rotatable bonds is 7. The van der Waals surface area contributed by atoms with Crippen LogP contribution in [0.1, 0.15) is 52.4 Å². The van der Waals surface area contributed by atoms with Crippen molar-refractivity contribution < 1.29 is 19.5 Å². The molecule has 3 amide bonds. The highest BCUT2D eigenvalue weighted by Crippen LogP contribution is 2.17. The van der Waals surface area contributed by atoms with Crippen molar-refractivity contribution in [2.45, 2.75) is 64.0 Å². The third-order valence-electron chi connectivity index (χ3n) is 3.80. The van der Waals surface area contributed by atoms with Crippen molar-refractivity contribution in [3.63, 3.8) is 0 Å². The van der Waals surface area contributed by atoms with Crippen molar-refractivity contribution in [3.8, 4) is 0 Å². The lowest BCUT2D eigenvalue weighted by Crippen LogP contribution is -2.54. The number of carboxylic acid groups (broad SMARTS) is 1. The van der Waals surface area contributed by atoms with Crippen LogP contribution in [0.25, 0.3) is 0 Å². The average molecular weight is 299 g/mol. The molecule has 21 heavy (non-hydrogen) atoms. The normalized spacial score (nSPS) is 18.0. The smallest absolute Gasteiger partial charge is 0.323 e. The molecule has 1 rings (SSSR count). The summed E-state index contributed by atoms with van der Waals surface area (Å²) in [6.45, 7) is 3.20. The number of hydrogen-bond donors (Lipinski definition) is 4. The fourth-order valence-corrected chi connectivity index (χ4v) is 2.51. The number of nitrogens with one attached hydrogen (secondary N) is 3. The monoisotopic (exact) mass is 299 g/mol. The van der Waals surface area contributed by atoms with Gasteiger partial charge in [0.2, 0.25) is 5.91 Å². The van der Waals surface area contributed by atoms with E-state index >= 15 is 0 Å². The highest BCUT2D eigenvalue weighted by Gasteiger charge is 2.32. The van der Waals surface area contributed by atoms with Crippen LogP contribution in [-0.2, 0) is 9.59 Å². The molecule has 7 heteroatoms. The number of urea groups is 1. The van der Waals surface area contributed by atoms with Gasteiger partial charge in [-0.25, -0.2) is 4.79 Å². The van der Waals surface area contributed by atoms with Crippen LogP contribution in [0.15, 0.2) is 0 Å². The van der Waals surface area contributed by atoms with Crippen molar-refractivity contribution in [1.29, 1.82) is 0 Å². The first-order valence-electron chi connectivity index (χ1n) is 7.46. The highest BCUT2D eigenvalue weighted by atomic mass is 16.4. The Morgan fingerprint density at radius 2 is 1.86 bits per heavy atom. The summed E-state index contributed by atoms with van der Waals surface area (Å²) in [5.41, 5.74) is -1.16. The molecule has 120 valence electrons. The molecule has 1 saturated carbocycles. The Bertz CT molecular complexity index is 394. The van der Waals surface area contributed by atoms with Crippen molar-refractivity contribution in [1.82, 2.24) is 16.0 Å². The van der Waals surface area contributed by atoms with E-state index in [1.165, 1.54) is 6.92 Å². The number of amides is 3. The van der Waals surface area contributed by atoms with Gasteiger partial charge >= 0.3 is 12.0 Å². The van der Waals surface area contributed by atoms with Crippen molar-refractivity contribution in [2.75, 3.05) is 6.54 Å². The molecule has 7 nitrogen and oxygen atoms in total. The van der Waals surface area contributed by atoms with Crippen LogP contribution in [0.5, 0.6) is 0 Å². The SMILES string of the molecule is CCCC(C)(NCC(=O)NC(=O)NC1CCCC1)C(=O)O. The molecule has 0 aliphatic heterocycles. The Labute approximate surface area is 124 Å². The van der Waals surface area contributed by atoms with Crippen LogP contribution < -0.4 is 16.0 Å². The van der Waals surface area contributed by atoms with Gasteiger partial charge in [0.1, 0.15) is 5.54 Å². The molecule has 0 aromatic heterocycles. The Morgan fingerprint density at radius 3 is 2.38 bits per heavy atom. The van der Waals surface area contributed by atoms with Crippen molar-refractivity contribution >= 4 is 17.9 Å². The predicted molar refractivity (Wildman–Crippen MR) is 77.9 cm³/mol. The average Bonchev–Trinajstić information content (AvgIpc) is 2.89. The second-order valence-electron chi connectivity index (χ2n) is 5.74. The Hall–Kier alpha value is -1.63. The van der Waals surface area contributed by atoms with E-state index in [2.05, 4.69) is 16.0 Å². The van der Waals surface area contributed by atoms with Crippen LogP contribution in [0.2, 0.25) is 0 Å². The number of carboxylic acids is 1. The molecule has 0 aromatic rings. The van der Waals surface area contributed by atoms with Crippen LogP contribution in [0.4, 0.5) is 4.79 Å². The molecule has 0 radical (unpaired) electrons. The third-order valence-corrected chi connectivity index (χ3v) is 3.80. The van der Waals surface area contributed by atoms with Crippen LogP contribution in [0.3, 0.4) is 0 Å². The summed E-state index contributed by atoms with van der Waals surface area (Å²) < 4.78 is 0. The molecule has 0 saturated heterocycles. The highest BCUT2D eigenvalue weighted by molar-refractivity contribution is 5.95. The summed E-state index contributed by atoms with van der Waals surface area (Å²) in [7, 11) is 0. The second kappa shape index (κ2) is 7.97. The topological polar surface area (TPSA) is 108 Å². The first-order valence-corrected chi connectivity index (χ1v) is 7.46. The lowest BCUT2D eigenvalue weighted by atomic mass is 9.96. The van der Waals surface area contributed by atoms with E-state index in [-0.39, 0.29) is 12.6 Å². The van der Waals surface area contributed by atoms with Gasteiger partial charge in [-0.15, -0.1) is 0 Å². The fourth-order valence-electron chi connectivity index (χ4n) is 2.51. The molecule has 0 heterocycles. The van der Waals surface area contributed by atoms with Gasteiger partial charge in [0.15, 0.2) is 0 Å². The summed E-state index contributed by atoms with van der Waals surface area (Å²) in [5.74, 6) is -1.54. The minimum Gasteiger partial charge on any atom is -0.480 e. The predicted octanol–water partition coefficient (Wildman–Crippen LogP) is 0.988. The maximum atomic E-state index is 11.7. The maximum Gasteiger partial charge on any atom is 0.323 e. The first-order chi connectivity index (χ1) is 9.87. The molecular weight excluding hydrogens is 274 g/mol. The molecule has 1 aliphatic carbocycles. The van der Waals surface area contributed by atoms with E-state index < -0.39 is 23.4 Å². The third kappa shape index (κ3) is 5.71. The Balaban J connectivity index is 2.35. The summed E-state index contributed by atoms with van der Waals surface area (Å²) in [4.78, 5) is 34.5. The van der Waals surface area contributed by atoms with Gasteiger partial charge in [0.25, 0.3) is 0 Å². The summed E-state index contributed by atoms with van der Waals surface area (Å²) in [6.07, 6.45) is 5.15. The van der Waals surface area contributed by atoms with Gasteiger partial charge in [0, 0.05) is 6.04 Å². The fraction of sp³-hybridized carbons (Fsp3) is 0.786. The van der Waals surface area contributed by atoms with E-state index in [1.54, 1.807) is 0 Å². The Morgan fingerprint density at radius 1 is 1.24 bits per heavy atom. The number of aliphatic carboxylic acids is 1. The number of carbonyl (C=O) groups excluding carboxylic acids is 2. The van der Waals surface area contributed by atoms with Crippen LogP contribution >= 0.6 is 0 Å². The van der Waals surface area contributed by atoms with Crippen LogP contribution in [0, 0.1) is 0 Å². The first kappa shape index (κ1) is 17.4. The minimum atomic E-state index is -1.16. The van der Waals surface area contributed by atoms with E-state index in [0.29, 0.717) is 12.8 Å². The molecule has 0 bridgehead atoms. The van der Waals surface area contributed by atoms with E-state index in [9.17, 15) is 19.5 Å². The lowest BCUT2D eigenvalue weighted by molar-refractivity contribution is -0.144. The number of imide groups is 1. The molecule has 0 spiro atoms. The summed E-state index contributed by atoms with van der Waals surface area (Å²) in [5, 5.41) is 16.8. The van der Waals surface area contributed by atoms with Gasteiger partial charge in [-0.1, -0.05) is 26.2 Å². The van der Waals surface area contributed by atoms with E-state index in [4.69, 9.17) is 0 Å². The zero-order valence-electron chi connectivity index (χ0n) is 12.7. The van der Waals surface area contributed by atoms with Gasteiger partial charge in [-0.2, -0.15) is 0 Å². The quantitative estimate of drug-likeness (QED) is 0.560. The standard InChI is InChI=1S/C14H25N3O4/c1-3-8-14(2,12(19)20)15-9-11(18)17-13(21)16-10-6-4-5-7-10/h10,15H,3-9H2,1-2H3,(H,19,20)(H2,16,17,18,21). The lowest BCUT2D eigenvalue weighted by Gasteiger charge is -2.25. The van der Waals surface area contributed by atoms with Gasteiger partial charge in [0.05, 0.1) is 6.54 Å². The van der Waals surface area contributed by atoms with Gasteiger partial charge < -0.3 is 10.4 Å². The molecular formula is C14H25N3O4. The summed E-state index contributed by atoms with van der Waals surface area (Å²) in [6, 6.07) is -0.378. The molecule has 1 aliphatic rings. The number of carbonyl (C=O) groups is 3. The maximum absolute atomic E-state index is 11.7. The minimum absolute atomic E-state index is 0.134. The van der Waals surface area contributed by atoms with Gasteiger partial charge in [-0.3, -0.25) is 20.2 Å². The van der Waals surface area contributed by atoms with E-state index in [0.717, 1.165) is 25.7 Å². The molecule has 1 fully saturated rings. The van der Waals surface area contributed by atoms with E-state index in [1.807, 2.05) is 6.92 Å². The van der Waals surface area contributed by atoms with Crippen molar-refractivity contribution in [2.24, 2.45) is 0 Å². The largest absolute Gasteiger partial charge is 0.480 e. The summed E-state index contributed by atoms with van der Waals surface area (Å²) >= 11 is 0. The molecule has 1 atom stereocenters. The molecule has 0 aromatic carbocycles. The zero-order chi connectivity index (χ0) is 15.9. The van der Waals surface area contributed by atoms with Crippen molar-refractivity contribution in [3.05, 3.63) is 0 Å². The zero-order valence-corrected chi connectivity index (χ0v) is 12.7. The Kier molecular flexibility index (Phi) is 6.61.